The third-order valence-corrected chi connectivity index (χ3v) is 8.04. The second-order valence-corrected chi connectivity index (χ2v) is 10.5. The summed E-state index contributed by atoms with van der Waals surface area (Å²) in [6, 6.07) is 8.06. The van der Waals surface area contributed by atoms with E-state index in [9.17, 15) is 26.7 Å². The van der Waals surface area contributed by atoms with Crippen molar-refractivity contribution in [1.29, 1.82) is 0 Å². The number of aliphatic hydroxyl groups excluding tert-OH is 1. The quantitative estimate of drug-likeness (QED) is 0.603. The van der Waals surface area contributed by atoms with Crippen molar-refractivity contribution in [2.75, 3.05) is 39.3 Å². The number of quaternary nitrogens is 1. The Morgan fingerprint density at radius 3 is 2.33 bits per heavy atom. The van der Waals surface area contributed by atoms with E-state index in [1.807, 2.05) is 32.0 Å². The predicted octanol–water partition coefficient (Wildman–Crippen LogP) is 2.30. The van der Waals surface area contributed by atoms with E-state index in [1.54, 1.807) is 0 Å². The van der Waals surface area contributed by atoms with Crippen LogP contribution in [0.15, 0.2) is 41.3 Å². The van der Waals surface area contributed by atoms with Crippen molar-refractivity contribution in [3.8, 4) is 5.75 Å². The first-order valence-electron chi connectivity index (χ1n) is 10.5. The molecule has 11 heteroatoms. The molecule has 0 spiro atoms. The number of aliphatic hydroxyl groups is 1. The maximum atomic E-state index is 13.0. The average molecular weight is 508 g/mol. The predicted molar refractivity (Wildman–Crippen MR) is 118 cm³/mol. The standard InChI is InChI=1S/C22H26ClF3N2O4S/c1-15-4-3-5-16(2)21(15)32-14-18(29)13-27-8-10-28(11-9-27)33(30,31)20-12-17(22(24,25)26)6-7-19(20)23/h3-7,12,18,29H,8-11,13-14H2,1-2H3/p+1/t18-/m1/s1. The van der Waals surface area contributed by atoms with Crippen LogP contribution in [0.2, 0.25) is 5.02 Å². The minimum Gasteiger partial charge on any atom is -0.490 e. The highest BCUT2D eigenvalue weighted by Gasteiger charge is 2.36. The monoisotopic (exact) mass is 507 g/mol. The van der Waals surface area contributed by atoms with Gasteiger partial charge in [-0.25, -0.2) is 8.42 Å². The van der Waals surface area contributed by atoms with Crippen molar-refractivity contribution in [2.45, 2.75) is 31.0 Å². The summed E-state index contributed by atoms with van der Waals surface area (Å²) in [6.45, 7) is 5.34. The lowest BCUT2D eigenvalue weighted by atomic mass is 10.1. The molecule has 0 aromatic heterocycles. The van der Waals surface area contributed by atoms with Crippen LogP contribution < -0.4 is 9.64 Å². The number of para-hydroxylation sites is 1. The number of sulfonamides is 1. The van der Waals surface area contributed by atoms with Crippen LogP contribution in [0.25, 0.3) is 0 Å². The molecule has 33 heavy (non-hydrogen) atoms. The number of benzene rings is 2. The molecule has 0 amide bonds. The Kier molecular flexibility index (Phi) is 7.95. The molecule has 2 aromatic rings. The van der Waals surface area contributed by atoms with Crippen molar-refractivity contribution < 1.29 is 36.3 Å². The van der Waals surface area contributed by atoms with Gasteiger partial charge in [0.25, 0.3) is 0 Å². The van der Waals surface area contributed by atoms with Crippen LogP contribution in [0.3, 0.4) is 0 Å². The molecule has 182 valence electrons. The van der Waals surface area contributed by atoms with Crippen molar-refractivity contribution in [2.24, 2.45) is 0 Å². The minimum atomic E-state index is -4.67. The van der Waals surface area contributed by atoms with E-state index in [1.165, 1.54) is 0 Å². The number of piperazine rings is 1. The number of hydrogen-bond donors (Lipinski definition) is 2. The molecule has 1 fully saturated rings. The smallest absolute Gasteiger partial charge is 0.416 e. The highest BCUT2D eigenvalue weighted by atomic mass is 35.5. The number of ether oxygens (including phenoxy) is 1. The van der Waals surface area contributed by atoms with Crippen LogP contribution in [0.5, 0.6) is 5.75 Å². The Bertz CT molecular complexity index is 1070. The summed E-state index contributed by atoms with van der Waals surface area (Å²) in [4.78, 5) is 0.429. The third kappa shape index (κ3) is 6.19. The molecule has 1 aliphatic heterocycles. The van der Waals surface area contributed by atoms with E-state index >= 15 is 0 Å². The molecule has 1 heterocycles. The zero-order valence-electron chi connectivity index (χ0n) is 18.3. The lowest BCUT2D eigenvalue weighted by molar-refractivity contribution is -0.906. The van der Waals surface area contributed by atoms with Gasteiger partial charge >= 0.3 is 6.18 Å². The summed E-state index contributed by atoms with van der Waals surface area (Å²) in [6.07, 6.45) is -5.42. The minimum absolute atomic E-state index is 0.106. The first kappa shape index (κ1) is 25.8. The Hall–Kier alpha value is -1.85. The van der Waals surface area contributed by atoms with Crippen LogP contribution in [0.4, 0.5) is 13.2 Å². The maximum Gasteiger partial charge on any atom is 0.416 e. The zero-order chi connectivity index (χ0) is 24.4. The summed E-state index contributed by atoms with van der Waals surface area (Å²) in [5.41, 5.74) is 0.880. The van der Waals surface area contributed by atoms with E-state index in [-0.39, 0.29) is 24.7 Å². The topological polar surface area (TPSA) is 71.3 Å². The Balaban J connectivity index is 1.58. The maximum absolute atomic E-state index is 13.0. The van der Waals surface area contributed by atoms with Gasteiger partial charge in [-0.1, -0.05) is 29.8 Å². The van der Waals surface area contributed by atoms with E-state index in [4.69, 9.17) is 16.3 Å². The first-order valence-corrected chi connectivity index (χ1v) is 12.3. The number of hydrogen-bond acceptors (Lipinski definition) is 4. The second-order valence-electron chi connectivity index (χ2n) is 8.19. The van der Waals surface area contributed by atoms with E-state index in [2.05, 4.69) is 0 Å². The zero-order valence-corrected chi connectivity index (χ0v) is 19.9. The van der Waals surface area contributed by atoms with Gasteiger partial charge in [-0.15, -0.1) is 0 Å². The highest BCUT2D eigenvalue weighted by molar-refractivity contribution is 7.89. The second kappa shape index (κ2) is 10.2. The van der Waals surface area contributed by atoms with E-state index < -0.39 is 32.8 Å². The molecule has 2 aromatic carbocycles. The fraction of sp³-hybridized carbons (Fsp3) is 0.455. The van der Waals surface area contributed by atoms with Gasteiger partial charge in [0, 0.05) is 0 Å². The number of halogens is 4. The molecule has 0 aliphatic carbocycles. The summed E-state index contributed by atoms with van der Waals surface area (Å²) in [5, 5.41) is 10.1. The molecule has 2 N–H and O–H groups in total. The SMILES string of the molecule is Cc1cccc(C)c1OC[C@H](O)C[NH+]1CCN(S(=O)(=O)c2cc(C(F)(F)F)ccc2Cl)CC1. The molecule has 0 radical (unpaired) electrons. The summed E-state index contributed by atoms with van der Waals surface area (Å²) in [5.74, 6) is 0.737. The van der Waals surface area contributed by atoms with Crippen LogP contribution >= 0.6 is 11.6 Å². The third-order valence-electron chi connectivity index (χ3n) is 5.66. The molecule has 1 atom stereocenters. The molecule has 0 saturated carbocycles. The van der Waals surface area contributed by atoms with Crippen LogP contribution in [0, 0.1) is 13.8 Å². The Labute approximate surface area is 196 Å². The molecular weight excluding hydrogens is 481 g/mol. The number of rotatable bonds is 7. The molecular formula is C22H27ClF3N2O4S+. The number of nitrogens with zero attached hydrogens (tertiary/aromatic N) is 1. The van der Waals surface area contributed by atoms with Gasteiger partial charge in [0.05, 0.1) is 36.8 Å². The Morgan fingerprint density at radius 2 is 1.76 bits per heavy atom. The van der Waals surface area contributed by atoms with Crippen LogP contribution in [0.1, 0.15) is 16.7 Å². The largest absolute Gasteiger partial charge is 0.490 e. The first-order chi connectivity index (χ1) is 15.4. The molecule has 0 unspecified atom stereocenters. The normalized spacial score (nSPS) is 17.2. The van der Waals surface area contributed by atoms with Crippen molar-refractivity contribution in [3.05, 3.63) is 58.1 Å². The highest BCUT2D eigenvalue weighted by Crippen LogP contribution is 2.34. The van der Waals surface area contributed by atoms with Gasteiger partial charge in [-0.3, -0.25) is 0 Å². The van der Waals surface area contributed by atoms with Crippen molar-refractivity contribution >= 4 is 21.6 Å². The van der Waals surface area contributed by atoms with Crippen molar-refractivity contribution in [1.82, 2.24) is 4.31 Å². The fourth-order valence-electron chi connectivity index (χ4n) is 3.86. The number of aryl methyl sites for hydroxylation is 2. The molecule has 0 bridgehead atoms. The number of nitrogens with one attached hydrogen (secondary N) is 1. The summed E-state index contributed by atoms with van der Waals surface area (Å²) >= 11 is 5.93. The van der Waals surface area contributed by atoms with Gasteiger partial charge in [0.2, 0.25) is 10.0 Å². The summed E-state index contributed by atoms with van der Waals surface area (Å²) in [7, 11) is -4.18. The van der Waals surface area contributed by atoms with Gasteiger partial charge in [-0.05, 0) is 43.2 Å². The lowest BCUT2D eigenvalue weighted by Crippen LogP contribution is -3.15. The molecule has 1 aliphatic rings. The fourth-order valence-corrected chi connectivity index (χ4v) is 5.80. The lowest BCUT2D eigenvalue weighted by Gasteiger charge is -2.32. The molecule has 1 saturated heterocycles. The van der Waals surface area contributed by atoms with Gasteiger partial charge < -0.3 is 14.7 Å². The molecule has 3 rings (SSSR count). The van der Waals surface area contributed by atoms with Crippen LogP contribution in [-0.2, 0) is 16.2 Å². The van der Waals surface area contributed by atoms with Gasteiger partial charge in [-0.2, -0.15) is 17.5 Å². The van der Waals surface area contributed by atoms with Crippen molar-refractivity contribution in [3.63, 3.8) is 0 Å². The summed E-state index contributed by atoms with van der Waals surface area (Å²) < 4.78 is 71.9. The van der Waals surface area contributed by atoms with Gasteiger partial charge in [0.15, 0.2) is 0 Å². The van der Waals surface area contributed by atoms with E-state index in [0.717, 1.165) is 38.2 Å². The van der Waals surface area contributed by atoms with Gasteiger partial charge in [0.1, 0.15) is 29.9 Å². The molecule has 6 nitrogen and oxygen atoms in total. The van der Waals surface area contributed by atoms with Crippen LogP contribution in [-0.4, -0.2) is 63.3 Å². The average Bonchev–Trinajstić information content (AvgIpc) is 2.73. The Morgan fingerprint density at radius 1 is 1.15 bits per heavy atom. The van der Waals surface area contributed by atoms with E-state index in [0.29, 0.717) is 25.7 Å². The number of alkyl halides is 3.